The number of thioether (sulfide) groups is 1. The minimum Gasteiger partial charge on any atom is -0.376 e. The van der Waals surface area contributed by atoms with Gasteiger partial charge in [0.15, 0.2) is 5.17 Å². The zero-order valence-corrected chi connectivity index (χ0v) is 12.1. The summed E-state index contributed by atoms with van der Waals surface area (Å²) in [5.41, 5.74) is 1.37. The van der Waals surface area contributed by atoms with Crippen molar-refractivity contribution in [3.8, 4) is 0 Å². The maximum Gasteiger partial charge on any atom is 0.157 e. The van der Waals surface area contributed by atoms with Crippen molar-refractivity contribution < 1.29 is 4.74 Å². The Labute approximate surface area is 118 Å². The number of amidine groups is 1. The van der Waals surface area contributed by atoms with Gasteiger partial charge < -0.3 is 10.1 Å². The molecule has 1 saturated carbocycles. The zero-order valence-electron chi connectivity index (χ0n) is 11.3. The number of aliphatic imine (C=N–C) groups is 1. The first-order valence-electron chi connectivity index (χ1n) is 6.85. The van der Waals surface area contributed by atoms with Crippen LogP contribution in [0, 0.1) is 0 Å². The molecule has 1 N–H and O–H groups in total. The van der Waals surface area contributed by atoms with Crippen molar-refractivity contribution in [3.05, 3.63) is 35.9 Å². The molecular weight excluding hydrogens is 256 g/mol. The lowest BCUT2D eigenvalue weighted by Crippen LogP contribution is -2.42. The average molecular weight is 276 g/mol. The van der Waals surface area contributed by atoms with E-state index in [1.54, 1.807) is 7.11 Å². The molecule has 1 aromatic rings. The lowest BCUT2D eigenvalue weighted by Gasteiger charge is -2.39. The van der Waals surface area contributed by atoms with Gasteiger partial charge in [-0.3, -0.25) is 4.99 Å². The first kappa shape index (κ1) is 13.0. The highest BCUT2D eigenvalue weighted by molar-refractivity contribution is 8.14. The van der Waals surface area contributed by atoms with Gasteiger partial charge in [-0.05, 0) is 24.8 Å². The van der Waals surface area contributed by atoms with Gasteiger partial charge in [-0.15, -0.1) is 0 Å². The topological polar surface area (TPSA) is 33.6 Å². The molecule has 4 heteroatoms. The van der Waals surface area contributed by atoms with Crippen molar-refractivity contribution in [2.45, 2.75) is 30.9 Å². The fourth-order valence-electron chi connectivity index (χ4n) is 2.56. The van der Waals surface area contributed by atoms with Crippen molar-refractivity contribution in [1.29, 1.82) is 0 Å². The van der Waals surface area contributed by atoms with Gasteiger partial charge in [-0.1, -0.05) is 42.1 Å². The predicted octanol–water partition coefficient (Wildman–Crippen LogP) is 2.99. The van der Waals surface area contributed by atoms with Crippen LogP contribution in [0.15, 0.2) is 35.3 Å². The Morgan fingerprint density at radius 1 is 1.37 bits per heavy atom. The number of benzene rings is 1. The summed E-state index contributed by atoms with van der Waals surface area (Å²) in [7, 11) is 1.81. The van der Waals surface area contributed by atoms with Gasteiger partial charge in [0.25, 0.3) is 0 Å². The van der Waals surface area contributed by atoms with Crippen LogP contribution in [-0.2, 0) is 4.74 Å². The summed E-state index contributed by atoms with van der Waals surface area (Å²) in [6.07, 6.45) is 3.56. The van der Waals surface area contributed by atoms with E-state index in [0.29, 0.717) is 6.04 Å². The fraction of sp³-hybridized carbons (Fsp3) is 0.533. The highest BCUT2D eigenvalue weighted by atomic mass is 32.2. The predicted molar refractivity (Wildman–Crippen MR) is 80.7 cm³/mol. The van der Waals surface area contributed by atoms with E-state index in [0.717, 1.165) is 30.3 Å². The third kappa shape index (κ3) is 2.79. The summed E-state index contributed by atoms with van der Waals surface area (Å²) in [6.45, 7) is 0.792. The Morgan fingerprint density at radius 2 is 2.16 bits per heavy atom. The van der Waals surface area contributed by atoms with Crippen LogP contribution in [0.2, 0.25) is 0 Å². The Kier molecular flexibility index (Phi) is 3.80. The molecule has 1 saturated heterocycles. The smallest absolute Gasteiger partial charge is 0.157 e. The maximum absolute atomic E-state index is 5.60. The summed E-state index contributed by atoms with van der Waals surface area (Å²) in [5, 5.41) is 4.58. The van der Waals surface area contributed by atoms with E-state index in [1.165, 1.54) is 12.0 Å². The van der Waals surface area contributed by atoms with Gasteiger partial charge in [-0.25, -0.2) is 0 Å². The first-order valence-corrected chi connectivity index (χ1v) is 7.84. The molecule has 19 heavy (non-hydrogen) atoms. The standard InChI is InChI=1S/C15H20N2OS/c1-18-15(8-5-9-15)11-16-14-17-13(10-19-14)12-6-3-2-4-7-12/h2-4,6-7,13H,5,8-11H2,1H3,(H,16,17). The van der Waals surface area contributed by atoms with E-state index >= 15 is 0 Å². The second-order valence-corrected chi connectivity index (χ2v) is 6.29. The van der Waals surface area contributed by atoms with E-state index in [4.69, 9.17) is 9.73 Å². The molecule has 3 rings (SSSR count). The Bertz CT molecular complexity index is 451. The number of rotatable bonds is 4. The highest BCUT2D eigenvalue weighted by Gasteiger charge is 2.37. The Balaban J connectivity index is 1.60. The minimum absolute atomic E-state index is 0.0279. The van der Waals surface area contributed by atoms with Crippen LogP contribution in [0.1, 0.15) is 30.9 Å². The SMILES string of the molecule is COC1(CN=C2NC(c3ccccc3)CS2)CCC1. The maximum atomic E-state index is 5.60. The van der Waals surface area contributed by atoms with Gasteiger partial charge in [0, 0.05) is 12.9 Å². The summed E-state index contributed by atoms with van der Waals surface area (Å²) in [6, 6.07) is 11.0. The van der Waals surface area contributed by atoms with Crippen LogP contribution >= 0.6 is 11.8 Å². The van der Waals surface area contributed by atoms with Gasteiger partial charge >= 0.3 is 0 Å². The van der Waals surface area contributed by atoms with E-state index < -0.39 is 0 Å². The molecule has 0 radical (unpaired) electrons. The number of nitrogens with one attached hydrogen (secondary N) is 1. The second-order valence-electron chi connectivity index (χ2n) is 5.28. The quantitative estimate of drug-likeness (QED) is 0.918. The largest absolute Gasteiger partial charge is 0.376 e. The summed E-state index contributed by atoms with van der Waals surface area (Å²) in [4.78, 5) is 4.71. The fourth-order valence-corrected chi connectivity index (χ4v) is 3.55. The molecule has 3 nitrogen and oxygen atoms in total. The number of hydrogen-bond acceptors (Lipinski definition) is 3. The van der Waals surface area contributed by atoms with Crippen molar-refractivity contribution in [1.82, 2.24) is 5.32 Å². The monoisotopic (exact) mass is 276 g/mol. The van der Waals surface area contributed by atoms with E-state index in [9.17, 15) is 0 Å². The number of hydrogen-bond donors (Lipinski definition) is 1. The number of nitrogens with zero attached hydrogens (tertiary/aromatic N) is 1. The lowest BCUT2D eigenvalue weighted by atomic mass is 9.80. The van der Waals surface area contributed by atoms with Gasteiger partial charge in [0.2, 0.25) is 0 Å². The van der Waals surface area contributed by atoms with Crippen LogP contribution in [-0.4, -0.2) is 30.2 Å². The van der Waals surface area contributed by atoms with Gasteiger partial charge in [0.05, 0.1) is 18.2 Å². The van der Waals surface area contributed by atoms with Crippen LogP contribution in [0.5, 0.6) is 0 Å². The van der Waals surface area contributed by atoms with Crippen molar-refractivity contribution in [2.75, 3.05) is 19.4 Å². The summed E-state index contributed by atoms with van der Waals surface area (Å²) >= 11 is 1.81. The molecule has 1 atom stereocenters. The van der Waals surface area contributed by atoms with Crippen molar-refractivity contribution in [2.24, 2.45) is 4.99 Å². The van der Waals surface area contributed by atoms with Gasteiger partial charge in [-0.2, -0.15) is 0 Å². The lowest BCUT2D eigenvalue weighted by molar-refractivity contribution is -0.0629. The molecule has 2 fully saturated rings. The molecule has 0 amide bonds. The molecule has 2 aliphatic rings. The molecule has 1 aliphatic heterocycles. The van der Waals surface area contributed by atoms with Crippen LogP contribution < -0.4 is 5.32 Å². The molecule has 0 spiro atoms. The molecular formula is C15H20N2OS. The second kappa shape index (κ2) is 5.55. The van der Waals surface area contributed by atoms with Crippen LogP contribution in [0.25, 0.3) is 0 Å². The summed E-state index contributed by atoms with van der Waals surface area (Å²) in [5.74, 6) is 1.06. The number of ether oxygens (including phenoxy) is 1. The molecule has 1 unspecified atom stereocenters. The van der Waals surface area contributed by atoms with Crippen molar-refractivity contribution >= 4 is 16.9 Å². The molecule has 1 aliphatic carbocycles. The van der Waals surface area contributed by atoms with E-state index in [-0.39, 0.29) is 5.60 Å². The molecule has 0 aromatic heterocycles. The van der Waals surface area contributed by atoms with Gasteiger partial charge in [0.1, 0.15) is 0 Å². The van der Waals surface area contributed by atoms with Crippen LogP contribution in [0.4, 0.5) is 0 Å². The van der Waals surface area contributed by atoms with Crippen LogP contribution in [0.3, 0.4) is 0 Å². The molecule has 0 bridgehead atoms. The highest BCUT2D eigenvalue weighted by Crippen LogP contribution is 2.35. The average Bonchev–Trinajstić information content (AvgIpc) is 2.88. The summed E-state index contributed by atoms with van der Waals surface area (Å²) < 4.78 is 5.60. The van der Waals surface area contributed by atoms with E-state index in [1.807, 2.05) is 11.8 Å². The van der Waals surface area contributed by atoms with Crippen molar-refractivity contribution in [3.63, 3.8) is 0 Å². The molecule has 1 heterocycles. The first-order chi connectivity index (χ1) is 9.31. The minimum atomic E-state index is 0.0279. The number of methoxy groups -OCH3 is 1. The van der Waals surface area contributed by atoms with E-state index in [2.05, 4.69) is 35.6 Å². The molecule has 1 aromatic carbocycles. The molecule has 102 valence electrons. The Morgan fingerprint density at radius 3 is 2.79 bits per heavy atom. The Hall–Kier alpha value is -1.00. The normalized spacial score (nSPS) is 27.0. The zero-order chi connectivity index (χ0) is 13.1. The third-order valence-corrected chi connectivity index (χ3v) is 5.12. The third-order valence-electron chi connectivity index (χ3n) is 4.09.